The van der Waals surface area contributed by atoms with Gasteiger partial charge < -0.3 is 10.5 Å². The Bertz CT molecular complexity index is 933. The smallest absolute Gasteiger partial charge is 0.411 e. The summed E-state index contributed by atoms with van der Waals surface area (Å²) in [5.74, 6) is -0.513. The Labute approximate surface area is 145 Å². The van der Waals surface area contributed by atoms with Crippen molar-refractivity contribution >= 4 is 28.5 Å². The van der Waals surface area contributed by atoms with Crippen molar-refractivity contribution < 1.29 is 14.3 Å². The maximum Gasteiger partial charge on any atom is 0.411 e. The second kappa shape index (κ2) is 7.05. The second-order valence-corrected chi connectivity index (χ2v) is 5.83. The van der Waals surface area contributed by atoms with Crippen LogP contribution >= 0.6 is 0 Å². The van der Waals surface area contributed by atoms with Gasteiger partial charge in [0, 0.05) is 11.3 Å². The Morgan fingerprint density at radius 3 is 2.36 bits per heavy atom. The van der Waals surface area contributed by atoms with Gasteiger partial charge in [-0.3, -0.25) is 10.1 Å². The quantitative estimate of drug-likeness (QED) is 0.757. The van der Waals surface area contributed by atoms with Crippen LogP contribution in [0.25, 0.3) is 10.8 Å². The van der Waals surface area contributed by atoms with Gasteiger partial charge >= 0.3 is 6.09 Å². The number of nitrogens with two attached hydrogens (primary N) is 1. The molecule has 0 aromatic heterocycles. The van der Waals surface area contributed by atoms with E-state index in [2.05, 4.69) is 30.4 Å². The van der Waals surface area contributed by atoms with Crippen LogP contribution in [0.4, 0.5) is 10.5 Å². The molecule has 0 heterocycles. The van der Waals surface area contributed by atoms with Gasteiger partial charge in [0.15, 0.2) is 0 Å². The van der Waals surface area contributed by atoms with Gasteiger partial charge in [0.2, 0.25) is 5.91 Å². The summed E-state index contributed by atoms with van der Waals surface area (Å²) in [4.78, 5) is 22.9. The molecule has 0 radical (unpaired) electrons. The zero-order valence-corrected chi connectivity index (χ0v) is 13.8. The minimum atomic E-state index is -0.559. The van der Waals surface area contributed by atoms with E-state index in [4.69, 9.17) is 10.5 Å². The van der Waals surface area contributed by atoms with Gasteiger partial charge in [-0.2, -0.15) is 0 Å². The number of hydrogen-bond acceptors (Lipinski definition) is 3. The van der Waals surface area contributed by atoms with E-state index in [1.54, 1.807) is 24.3 Å². The van der Waals surface area contributed by atoms with E-state index >= 15 is 0 Å². The molecule has 5 nitrogen and oxygen atoms in total. The van der Waals surface area contributed by atoms with E-state index < -0.39 is 12.0 Å². The summed E-state index contributed by atoms with van der Waals surface area (Å²) in [6, 6.07) is 18.5. The predicted octanol–water partition coefficient (Wildman–Crippen LogP) is 4.00. The summed E-state index contributed by atoms with van der Waals surface area (Å²) < 4.78 is 5.24. The molecule has 3 aromatic rings. The van der Waals surface area contributed by atoms with Gasteiger partial charge in [0.25, 0.3) is 0 Å². The molecule has 0 unspecified atom stereocenters. The number of carbonyl (C=O) groups is 2. The first-order valence-electron chi connectivity index (χ1n) is 7.84. The standard InChI is InChI=1S/C20H18N2O3/c1-13-2-4-17-11-14(3-5-16(17)10-13)12-25-20(24)22-18-8-6-15(7-9-18)19(21)23/h2-11H,12H2,1H3,(H2,21,23)(H,22,24). The van der Waals surface area contributed by atoms with Crippen molar-refractivity contribution in [3.05, 3.63) is 77.4 Å². The van der Waals surface area contributed by atoms with Gasteiger partial charge in [-0.15, -0.1) is 0 Å². The topological polar surface area (TPSA) is 81.4 Å². The molecular formula is C20H18N2O3. The van der Waals surface area contributed by atoms with Gasteiger partial charge in [0.05, 0.1) is 0 Å². The molecule has 0 spiro atoms. The molecule has 25 heavy (non-hydrogen) atoms. The summed E-state index contributed by atoms with van der Waals surface area (Å²) in [5, 5.41) is 4.87. The molecule has 0 saturated heterocycles. The number of anilines is 1. The Morgan fingerprint density at radius 2 is 1.64 bits per heavy atom. The van der Waals surface area contributed by atoms with Crippen molar-refractivity contribution in [3.8, 4) is 0 Å². The number of benzene rings is 3. The van der Waals surface area contributed by atoms with Crippen LogP contribution in [0, 0.1) is 6.92 Å². The Kier molecular flexibility index (Phi) is 4.66. The Hall–Kier alpha value is -3.34. The molecule has 126 valence electrons. The van der Waals surface area contributed by atoms with Crippen molar-refractivity contribution in [2.45, 2.75) is 13.5 Å². The highest BCUT2D eigenvalue weighted by Gasteiger charge is 2.06. The van der Waals surface area contributed by atoms with Crippen molar-refractivity contribution in [1.82, 2.24) is 0 Å². The normalized spacial score (nSPS) is 10.4. The largest absolute Gasteiger partial charge is 0.444 e. The molecule has 0 aliphatic rings. The van der Waals surface area contributed by atoms with E-state index in [9.17, 15) is 9.59 Å². The van der Waals surface area contributed by atoms with Crippen molar-refractivity contribution in [3.63, 3.8) is 0 Å². The second-order valence-electron chi connectivity index (χ2n) is 5.83. The average molecular weight is 334 g/mol. The summed E-state index contributed by atoms with van der Waals surface area (Å²) in [7, 11) is 0. The molecule has 0 atom stereocenters. The van der Waals surface area contributed by atoms with Gasteiger partial charge in [0.1, 0.15) is 6.61 Å². The first-order chi connectivity index (χ1) is 12.0. The fourth-order valence-corrected chi connectivity index (χ4v) is 2.53. The SMILES string of the molecule is Cc1ccc2cc(COC(=O)Nc3ccc(C(N)=O)cc3)ccc2c1. The number of aryl methyl sites for hydroxylation is 1. The number of primary amides is 1. The molecule has 0 bridgehead atoms. The molecular weight excluding hydrogens is 316 g/mol. The van der Waals surface area contributed by atoms with Crippen molar-refractivity contribution in [2.24, 2.45) is 5.73 Å². The number of rotatable bonds is 4. The van der Waals surface area contributed by atoms with E-state index in [-0.39, 0.29) is 6.61 Å². The highest BCUT2D eigenvalue weighted by molar-refractivity contribution is 5.93. The van der Waals surface area contributed by atoms with Crippen LogP contribution in [-0.2, 0) is 11.3 Å². The zero-order valence-electron chi connectivity index (χ0n) is 13.8. The van der Waals surface area contributed by atoms with E-state index in [1.807, 2.05) is 18.2 Å². The minimum absolute atomic E-state index is 0.176. The predicted molar refractivity (Wildman–Crippen MR) is 97.5 cm³/mol. The number of nitrogens with one attached hydrogen (secondary N) is 1. The third-order valence-electron chi connectivity index (χ3n) is 3.85. The molecule has 0 aliphatic heterocycles. The van der Waals surface area contributed by atoms with E-state index in [0.717, 1.165) is 16.3 Å². The summed E-state index contributed by atoms with van der Waals surface area (Å²) in [6.45, 7) is 2.23. The lowest BCUT2D eigenvalue weighted by atomic mass is 10.1. The lowest BCUT2D eigenvalue weighted by Gasteiger charge is -2.08. The average Bonchev–Trinajstić information content (AvgIpc) is 2.60. The third-order valence-corrected chi connectivity index (χ3v) is 3.85. The maximum atomic E-state index is 11.9. The summed E-state index contributed by atoms with van der Waals surface area (Å²) in [6.07, 6.45) is -0.559. The first kappa shape index (κ1) is 16.5. The van der Waals surface area contributed by atoms with Crippen LogP contribution < -0.4 is 11.1 Å². The van der Waals surface area contributed by atoms with Gasteiger partial charge in [-0.25, -0.2) is 4.79 Å². The van der Waals surface area contributed by atoms with Crippen LogP contribution in [0.2, 0.25) is 0 Å². The Morgan fingerprint density at radius 1 is 0.960 bits per heavy atom. The third kappa shape index (κ3) is 4.14. The monoisotopic (exact) mass is 334 g/mol. The van der Waals surface area contributed by atoms with E-state index in [1.165, 1.54) is 5.56 Å². The number of ether oxygens (including phenoxy) is 1. The number of hydrogen-bond donors (Lipinski definition) is 2. The Balaban J connectivity index is 1.60. The fraction of sp³-hybridized carbons (Fsp3) is 0.100. The van der Waals surface area contributed by atoms with Crippen molar-refractivity contribution in [1.29, 1.82) is 0 Å². The minimum Gasteiger partial charge on any atom is -0.444 e. The molecule has 0 saturated carbocycles. The summed E-state index contributed by atoms with van der Waals surface area (Å²) in [5.41, 5.74) is 8.20. The van der Waals surface area contributed by atoms with Crippen LogP contribution in [0.15, 0.2) is 60.7 Å². The highest BCUT2D eigenvalue weighted by Crippen LogP contribution is 2.18. The number of fused-ring (bicyclic) bond motifs is 1. The first-order valence-corrected chi connectivity index (χ1v) is 7.84. The fourth-order valence-electron chi connectivity index (χ4n) is 2.53. The van der Waals surface area contributed by atoms with Crippen LogP contribution in [0.5, 0.6) is 0 Å². The van der Waals surface area contributed by atoms with Crippen LogP contribution in [0.1, 0.15) is 21.5 Å². The maximum absolute atomic E-state index is 11.9. The lowest BCUT2D eigenvalue weighted by molar-refractivity contribution is 0.1000. The zero-order chi connectivity index (χ0) is 17.8. The molecule has 0 aliphatic carbocycles. The van der Waals surface area contributed by atoms with Crippen LogP contribution in [0.3, 0.4) is 0 Å². The van der Waals surface area contributed by atoms with E-state index in [0.29, 0.717) is 11.3 Å². The molecule has 0 fully saturated rings. The molecule has 5 heteroatoms. The van der Waals surface area contributed by atoms with Gasteiger partial charge in [-0.1, -0.05) is 35.9 Å². The van der Waals surface area contributed by atoms with Crippen LogP contribution in [-0.4, -0.2) is 12.0 Å². The lowest BCUT2D eigenvalue weighted by Crippen LogP contribution is -2.14. The number of amides is 2. The summed E-state index contributed by atoms with van der Waals surface area (Å²) >= 11 is 0. The van der Waals surface area contributed by atoms with Crippen molar-refractivity contribution in [2.75, 3.05) is 5.32 Å². The molecule has 3 rings (SSSR count). The molecule has 3 aromatic carbocycles. The van der Waals surface area contributed by atoms with Gasteiger partial charge in [-0.05, 0) is 53.6 Å². The molecule has 2 amide bonds. The highest BCUT2D eigenvalue weighted by atomic mass is 16.5. The number of carbonyl (C=O) groups excluding carboxylic acids is 2. The molecule has 3 N–H and O–H groups in total.